The third-order valence-electron chi connectivity index (χ3n) is 10.3. The molecule has 0 aromatic rings. The van der Waals surface area contributed by atoms with E-state index in [0.717, 1.165) is 32.1 Å². The highest BCUT2D eigenvalue weighted by Crippen LogP contribution is 2.39. The van der Waals surface area contributed by atoms with Crippen LogP contribution in [0.1, 0.15) is 107 Å². The first-order chi connectivity index (χ1) is 23.5. The molecule has 0 aromatic heterocycles. The fourth-order valence-corrected chi connectivity index (χ4v) is 8.72. The van der Waals surface area contributed by atoms with Crippen LogP contribution in [0.5, 0.6) is 0 Å². The minimum atomic E-state index is -3.60. The number of ether oxygens (including phenoxy) is 2. The molecular formula is C36H59N5O9S. The average molecular weight is 738 g/mol. The first-order valence-corrected chi connectivity index (χ1v) is 19.8. The maximum absolute atomic E-state index is 14.6. The van der Waals surface area contributed by atoms with Crippen molar-refractivity contribution in [3.8, 4) is 0 Å². The number of fused-ring (bicyclic) bond motifs is 1. The van der Waals surface area contributed by atoms with Crippen molar-refractivity contribution in [1.82, 2.24) is 26.2 Å². The lowest BCUT2D eigenvalue weighted by atomic mass is 9.83. The van der Waals surface area contributed by atoms with E-state index >= 15 is 0 Å². The van der Waals surface area contributed by atoms with E-state index in [1.165, 1.54) is 11.0 Å². The Hall–Kier alpha value is -3.04. The summed E-state index contributed by atoms with van der Waals surface area (Å²) in [5.41, 5.74) is -1.85. The van der Waals surface area contributed by atoms with E-state index in [9.17, 15) is 32.4 Å². The summed E-state index contributed by atoms with van der Waals surface area (Å²) >= 11 is 0. The molecule has 288 valence electrons. The molecule has 0 aromatic carbocycles. The first-order valence-electron chi connectivity index (χ1n) is 18.2. The molecule has 4 aliphatic rings. The summed E-state index contributed by atoms with van der Waals surface area (Å²) in [5.74, 6) is -3.94. The number of hydrogen-bond acceptors (Lipinski definition) is 9. The van der Waals surface area contributed by atoms with E-state index in [1.807, 2.05) is 0 Å². The topological polar surface area (TPSA) is 189 Å². The van der Waals surface area contributed by atoms with Crippen molar-refractivity contribution in [2.24, 2.45) is 11.3 Å². The third-order valence-corrected chi connectivity index (χ3v) is 13.1. The molecule has 4 fully saturated rings. The van der Waals surface area contributed by atoms with Crippen LogP contribution in [0.2, 0.25) is 0 Å². The van der Waals surface area contributed by atoms with Gasteiger partial charge in [-0.1, -0.05) is 59.0 Å². The molecule has 14 nitrogen and oxygen atoms in total. The molecule has 0 radical (unpaired) electrons. The van der Waals surface area contributed by atoms with Crippen LogP contribution in [0, 0.1) is 11.3 Å². The second-order valence-corrected chi connectivity index (χ2v) is 20.0. The van der Waals surface area contributed by atoms with Gasteiger partial charge in [-0.3, -0.25) is 19.2 Å². The Morgan fingerprint density at radius 1 is 0.961 bits per heavy atom. The van der Waals surface area contributed by atoms with Gasteiger partial charge in [0.25, 0.3) is 5.91 Å². The zero-order chi connectivity index (χ0) is 38.2. The number of amides is 5. The lowest BCUT2D eigenvalue weighted by Gasteiger charge is -2.41. The number of ketones is 1. The summed E-state index contributed by atoms with van der Waals surface area (Å²) in [7, 11) is -3.60. The fourth-order valence-electron chi connectivity index (χ4n) is 7.20. The molecule has 2 saturated carbocycles. The van der Waals surface area contributed by atoms with Gasteiger partial charge in [0.1, 0.15) is 24.3 Å². The summed E-state index contributed by atoms with van der Waals surface area (Å²) in [6.07, 6.45) is 5.34. The molecule has 0 spiro atoms. The van der Waals surface area contributed by atoms with Gasteiger partial charge in [-0.2, -0.15) is 0 Å². The van der Waals surface area contributed by atoms with Crippen molar-refractivity contribution in [3.05, 3.63) is 12.7 Å². The maximum atomic E-state index is 14.6. The van der Waals surface area contributed by atoms with E-state index in [0.29, 0.717) is 12.8 Å². The number of sulfone groups is 1. The molecule has 0 unspecified atom stereocenters. The van der Waals surface area contributed by atoms with Crippen LogP contribution in [0.15, 0.2) is 12.7 Å². The van der Waals surface area contributed by atoms with Crippen LogP contribution >= 0.6 is 0 Å². The van der Waals surface area contributed by atoms with E-state index < -0.39 is 91.2 Å². The predicted octanol–water partition coefficient (Wildman–Crippen LogP) is 2.50. The van der Waals surface area contributed by atoms with E-state index in [1.54, 1.807) is 55.4 Å². The molecule has 2 saturated heterocycles. The van der Waals surface area contributed by atoms with Gasteiger partial charge < -0.3 is 35.6 Å². The zero-order valence-electron chi connectivity index (χ0n) is 31.6. The van der Waals surface area contributed by atoms with Crippen molar-refractivity contribution < 1.29 is 41.9 Å². The Morgan fingerprint density at radius 2 is 1.59 bits per heavy atom. The Balaban J connectivity index is 1.59. The molecule has 2 aliphatic carbocycles. The number of rotatable bonds is 13. The number of hydrogen-bond donors (Lipinski definition) is 4. The van der Waals surface area contributed by atoms with Crippen LogP contribution in [0.4, 0.5) is 4.79 Å². The number of nitrogens with one attached hydrogen (secondary N) is 4. The Bertz CT molecular complexity index is 1470. The normalized spacial score (nSPS) is 25.6. The third kappa shape index (κ3) is 9.89. The fraction of sp³-hybridized carbons (Fsp3) is 0.806. The highest BCUT2D eigenvalue weighted by atomic mass is 32.2. The number of urea groups is 1. The number of likely N-dealkylation sites (tertiary alicyclic amines) is 1. The number of carbonyl (C=O) groups is 5. The lowest BCUT2D eigenvalue weighted by Crippen LogP contribution is -2.64. The van der Waals surface area contributed by atoms with Crippen molar-refractivity contribution >= 4 is 39.4 Å². The SMILES string of the molecule is C=CCNC(=O)C(=O)[C@H](CC1CC1)NC(=O)[C@@H]1[C@H]2OC(C)(C)O[C@H]2CN1C(=O)[C@@H](NC(=O)NC1(CS(=O)(=O)C(C)(C)C)CCCCC1)C(C)(C)C. The maximum Gasteiger partial charge on any atom is 0.315 e. The van der Waals surface area contributed by atoms with Gasteiger partial charge >= 0.3 is 6.03 Å². The first kappa shape index (κ1) is 40.7. The molecule has 5 atom stereocenters. The Morgan fingerprint density at radius 3 is 2.14 bits per heavy atom. The van der Waals surface area contributed by atoms with Gasteiger partial charge in [0.2, 0.25) is 17.6 Å². The Kier molecular flexibility index (Phi) is 12.1. The van der Waals surface area contributed by atoms with Gasteiger partial charge in [0.05, 0.1) is 28.6 Å². The van der Waals surface area contributed by atoms with Crippen LogP contribution in [-0.4, -0.2) is 108 Å². The summed E-state index contributed by atoms with van der Waals surface area (Å²) in [4.78, 5) is 69.7. The molecule has 4 N–H and O–H groups in total. The van der Waals surface area contributed by atoms with Crippen molar-refractivity contribution in [3.63, 3.8) is 0 Å². The largest absolute Gasteiger partial charge is 0.346 e. The monoisotopic (exact) mass is 737 g/mol. The molecule has 51 heavy (non-hydrogen) atoms. The Labute approximate surface area is 302 Å². The van der Waals surface area contributed by atoms with Gasteiger partial charge in [-0.15, -0.1) is 6.58 Å². The van der Waals surface area contributed by atoms with E-state index in [2.05, 4.69) is 27.8 Å². The summed E-state index contributed by atoms with van der Waals surface area (Å²) < 4.78 is 37.9. The standard InChI is InChI=1S/C36H59N5O9S/c1-10-18-37-30(44)26(42)23(19-22-14-15-22)38-29(43)25-27-24(49-35(8,9)50-27)20-41(25)31(45)28(33(2,3)4)39-32(46)40-36(16-12-11-13-17-36)21-51(47,48)34(5,6)7/h10,22-25,27-28H,1,11-21H2,2-9H3,(H,37,44)(H,38,43)(H2,39,40,46)/t23-,24-,25-,27-,28+/m0/s1. The number of carbonyl (C=O) groups excluding carboxylic acids is 5. The second kappa shape index (κ2) is 15.1. The van der Waals surface area contributed by atoms with Crippen molar-refractivity contribution in [1.29, 1.82) is 0 Å². The molecule has 0 bridgehead atoms. The zero-order valence-corrected chi connectivity index (χ0v) is 32.4. The lowest BCUT2D eigenvalue weighted by molar-refractivity contribution is -0.171. The minimum Gasteiger partial charge on any atom is -0.346 e. The van der Waals surface area contributed by atoms with Crippen molar-refractivity contribution in [2.75, 3.05) is 18.8 Å². The highest BCUT2D eigenvalue weighted by molar-refractivity contribution is 7.92. The van der Waals surface area contributed by atoms with Gasteiger partial charge in [0.15, 0.2) is 15.6 Å². The summed E-state index contributed by atoms with van der Waals surface area (Å²) in [6.45, 7) is 17.3. The van der Waals surface area contributed by atoms with Gasteiger partial charge in [0, 0.05) is 6.54 Å². The quantitative estimate of drug-likeness (QED) is 0.163. The average Bonchev–Trinajstić information content (AvgIpc) is 3.68. The van der Waals surface area contributed by atoms with Crippen LogP contribution in [0.3, 0.4) is 0 Å². The predicted molar refractivity (Wildman–Crippen MR) is 191 cm³/mol. The molecule has 2 aliphatic heterocycles. The second-order valence-electron chi connectivity index (χ2n) is 17.3. The molecular weight excluding hydrogens is 678 g/mol. The minimum absolute atomic E-state index is 0.0181. The molecule has 15 heteroatoms. The number of Topliss-reactive ketones (excluding diaryl/α,β-unsaturated/α-hetero) is 1. The van der Waals surface area contributed by atoms with Crippen LogP contribution in [-0.2, 0) is 38.5 Å². The molecule has 5 amide bonds. The van der Waals surface area contributed by atoms with E-state index in [4.69, 9.17) is 9.47 Å². The van der Waals surface area contributed by atoms with E-state index in [-0.39, 0.29) is 31.2 Å². The van der Waals surface area contributed by atoms with Crippen molar-refractivity contribution in [2.45, 2.75) is 153 Å². The van der Waals surface area contributed by atoms with Crippen LogP contribution < -0.4 is 21.3 Å². The van der Waals surface area contributed by atoms with Gasteiger partial charge in [-0.05, 0) is 65.2 Å². The molecule has 2 heterocycles. The highest BCUT2D eigenvalue weighted by Gasteiger charge is 2.58. The molecule has 4 rings (SSSR count). The van der Waals surface area contributed by atoms with Gasteiger partial charge in [-0.25, -0.2) is 13.2 Å². The summed E-state index contributed by atoms with van der Waals surface area (Å²) in [6, 6.07) is -4.16. The van der Waals surface area contributed by atoms with Crippen LogP contribution in [0.25, 0.3) is 0 Å². The number of nitrogens with zero attached hydrogens (tertiary/aromatic N) is 1. The summed E-state index contributed by atoms with van der Waals surface area (Å²) in [5, 5.41) is 11.0. The smallest absolute Gasteiger partial charge is 0.315 e.